The van der Waals surface area contributed by atoms with Gasteiger partial charge in [0.05, 0.1) is 0 Å². The molecule has 0 unspecified atom stereocenters. The van der Waals surface area contributed by atoms with Gasteiger partial charge in [-0.15, -0.1) is 0 Å². The van der Waals surface area contributed by atoms with Gasteiger partial charge in [0, 0.05) is 23.7 Å². The van der Waals surface area contributed by atoms with Gasteiger partial charge in [-0.25, -0.2) is 0 Å². The molecule has 1 aromatic carbocycles. The van der Waals surface area contributed by atoms with Gasteiger partial charge in [0.2, 0.25) is 0 Å². The third-order valence-corrected chi connectivity index (χ3v) is 3.83. The molecule has 4 nitrogen and oxygen atoms in total. The van der Waals surface area contributed by atoms with E-state index in [1.165, 1.54) is 0 Å². The molecule has 2 aromatic rings. The molecule has 4 heteroatoms. The van der Waals surface area contributed by atoms with Crippen molar-refractivity contribution in [1.29, 1.82) is 0 Å². The quantitative estimate of drug-likeness (QED) is 0.861. The van der Waals surface area contributed by atoms with Gasteiger partial charge in [0.1, 0.15) is 5.58 Å². The Morgan fingerprint density at radius 3 is 2.68 bits per heavy atom. The van der Waals surface area contributed by atoms with Crippen LogP contribution in [-0.2, 0) is 0 Å². The summed E-state index contributed by atoms with van der Waals surface area (Å²) in [6.45, 7) is 6.13. The van der Waals surface area contributed by atoms with Gasteiger partial charge >= 0.3 is 0 Å². The SMILES string of the molecule is CCC(C)(C)N(C)C(=O)c1cc2cc(N)ccc2o1. The largest absolute Gasteiger partial charge is 0.451 e. The van der Waals surface area contributed by atoms with Crippen molar-refractivity contribution in [2.24, 2.45) is 0 Å². The van der Waals surface area contributed by atoms with Crippen molar-refractivity contribution in [3.8, 4) is 0 Å². The molecule has 0 radical (unpaired) electrons. The summed E-state index contributed by atoms with van der Waals surface area (Å²) >= 11 is 0. The molecule has 0 spiro atoms. The van der Waals surface area contributed by atoms with Crippen LogP contribution in [0.15, 0.2) is 28.7 Å². The van der Waals surface area contributed by atoms with Crippen LogP contribution in [0.5, 0.6) is 0 Å². The summed E-state index contributed by atoms with van der Waals surface area (Å²) in [5, 5.41) is 0.853. The molecule has 0 bridgehead atoms. The number of nitrogens with zero attached hydrogens (tertiary/aromatic N) is 1. The van der Waals surface area contributed by atoms with Crippen molar-refractivity contribution >= 4 is 22.6 Å². The van der Waals surface area contributed by atoms with E-state index in [0.717, 1.165) is 11.8 Å². The van der Waals surface area contributed by atoms with Crippen LogP contribution < -0.4 is 5.73 Å². The molecular weight excluding hydrogens is 240 g/mol. The topological polar surface area (TPSA) is 59.5 Å². The van der Waals surface area contributed by atoms with Crippen molar-refractivity contribution in [2.45, 2.75) is 32.7 Å². The second-order valence-corrected chi connectivity index (χ2v) is 5.44. The molecule has 2 rings (SSSR count). The van der Waals surface area contributed by atoms with E-state index in [0.29, 0.717) is 17.0 Å². The van der Waals surface area contributed by atoms with Crippen LogP contribution >= 0.6 is 0 Å². The van der Waals surface area contributed by atoms with E-state index in [1.54, 1.807) is 36.2 Å². The predicted octanol–water partition coefficient (Wildman–Crippen LogP) is 3.28. The summed E-state index contributed by atoms with van der Waals surface area (Å²) in [5.74, 6) is 0.242. The number of anilines is 1. The Morgan fingerprint density at radius 1 is 1.37 bits per heavy atom. The zero-order chi connectivity index (χ0) is 14.2. The number of nitrogen functional groups attached to an aromatic ring is 1. The van der Waals surface area contributed by atoms with Crippen molar-refractivity contribution in [3.63, 3.8) is 0 Å². The molecule has 0 aliphatic heterocycles. The molecule has 19 heavy (non-hydrogen) atoms. The smallest absolute Gasteiger partial charge is 0.289 e. The van der Waals surface area contributed by atoms with Gasteiger partial charge in [-0.05, 0) is 44.5 Å². The van der Waals surface area contributed by atoms with Crippen LogP contribution in [0.2, 0.25) is 0 Å². The zero-order valence-electron chi connectivity index (χ0n) is 11.9. The molecule has 0 atom stereocenters. The normalized spacial score (nSPS) is 11.8. The van der Waals surface area contributed by atoms with Crippen molar-refractivity contribution < 1.29 is 9.21 Å². The summed E-state index contributed by atoms with van der Waals surface area (Å²) in [7, 11) is 1.80. The minimum atomic E-state index is -0.199. The Morgan fingerprint density at radius 2 is 2.05 bits per heavy atom. The summed E-state index contributed by atoms with van der Waals surface area (Å²) < 4.78 is 5.60. The summed E-state index contributed by atoms with van der Waals surface area (Å²) in [6, 6.07) is 7.10. The van der Waals surface area contributed by atoms with Crippen LogP contribution in [0, 0.1) is 0 Å². The average molecular weight is 260 g/mol. The first-order valence-corrected chi connectivity index (χ1v) is 6.42. The van der Waals surface area contributed by atoms with E-state index >= 15 is 0 Å². The maximum absolute atomic E-state index is 12.4. The zero-order valence-corrected chi connectivity index (χ0v) is 11.9. The molecule has 1 aromatic heterocycles. The highest BCUT2D eigenvalue weighted by molar-refractivity contribution is 5.96. The number of furan rings is 1. The Balaban J connectivity index is 2.36. The lowest BCUT2D eigenvalue weighted by molar-refractivity contribution is 0.0590. The van der Waals surface area contributed by atoms with Crippen LogP contribution in [0.4, 0.5) is 5.69 Å². The van der Waals surface area contributed by atoms with E-state index in [9.17, 15) is 4.79 Å². The van der Waals surface area contributed by atoms with Crippen LogP contribution in [-0.4, -0.2) is 23.4 Å². The fourth-order valence-corrected chi connectivity index (χ4v) is 1.84. The molecule has 1 heterocycles. The van der Waals surface area contributed by atoms with Crippen LogP contribution in [0.25, 0.3) is 11.0 Å². The van der Waals surface area contributed by atoms with Gasteiger partial charge in [0.15, 0.2) is 5.76 Å². The molecule has 0 saturated carbocycles. The number of amides is 1. The van der Waals surface area contributed by atoms with Gasteiger partial charge in [-0.2, -0.15) is 0 Å². The molecule has 2 N–H and O–H groups in total. The highest BCUT2D eigenvalue weighted by Crippen LogP contribution is 2.25. The summed E-state index contributed by atoms with van der Waals surface area (Å²) in [5.41, 5.74) is 6.87. The molecule has 0 fully saturated rings. The maximum atomic E-state index is 12.4. The van der Waals surface area contributed by atoms with Gasteiger partial charge in [0.25, 0.3) is 5.91 Å². The van der Waals surface area contributed by atoms with Gasteiger partial charge in [-0.3, -0.25) is 4.79 Å². The second kappa shape index (κ2) is 4.61. The van der Waals surface area contributed by atoms with E-state index in [2.05, 4.69) is 6.92 Å². The lowest BCUT2D eigenvalue weighted by Crippen LogP contribution is -2.44. The Labute approximate surface area is 113 Å². The summed E-state index contributed by atoms with van der Waals surface area (Å²) in [6.07, 6.45) is 0.877. The Bertz CT molecular complexity index is 614. The van der Waals surface area contributed by atoms with Gasteiger partial charge < -0.3 is 15.1 Å². The number of fused-ring (bicyclic) bond motifs is 1. The van der Waals surface area contributed by atoms with E-state index in [4.69, 9.17) is 10.2 Å². The van der Waals surface area contributed by atoms with Crippen molar-refractivity contribution in [1.82, 2.24) is 4.90 Å². The van der Waals surface area contributed by atoms with E-state index in [-0.39, 0.29) is 11.4 Å². The third-order valence-electron chi connectivity index (χ3n) is 3.83. The monoisotopic (exact) mass is 260 g/mol. The number of nitrogens with two attached hydrogens (primary N) is 1. The van der Waals surface area contributed by atoms with E-state index in [1.807, 2.05) is 13.8 Å². The molecule has 0 aliphatic rings. The molecule has 0 aliphatic carbocycles. The van der Waals surface area contributed by atoms with Gasteiger partial charge in [-0.1, -0.05) is 6.92 Å². The number of carbonyl (C=O) groups excluding carboxylic acids is 1. The second-order valence-electron chi connectivity index (χ2n) is 5.44. The molecular formula is C15H20N2O2. The highest BCUT2D eigenvalue weighted by Gasteiger charge is 2.28. The molecule has 1 amide bonds. The van der Waals surface area contributed by atoms with Crippen molar-refractivity contribution in [2.75, 3.05) is 12.8 Å². The average Bonchev–Trinajstić information content (AvgIpc) is 2.79. The standard InChI is InChI=1S/C15H20N2O2/c1-5-15(2,3)17(4)14(18)13-9-10-8-11(16)6-7-12(10)19-13/h6-9H,5,16H2,1-4H3. The minimum absolute atomic E-state index is 0.110. The van der Waals surface area contributed by atoms with Crippen LogP contribution in [0.1, 0.15) is 37.7 Å². The first kappa shape index (κ1) is 13.5. The first-order valence-electron chi connectivity index (χ1n) is 6.42. The fourth-order valence-electron chi connectivity index (χ4n) is 1.84. The number of rotatable bonds is 3. The Kier molecular flexibility index (Phi) is 3.27. The Hall–Kier alpha value is -1.97. The number of benzene rings is 1. The number of hydrogen-bond acceptors (Lipinski definition) is 3. The third kappa shape index (κ3) is 2.43. The van der Waals surface area contributed by atoms with Crippen LogP contribution in [0.3, 0.4) is 0 Å². The highest BCUT2D eigenvalue weighted by atomic mass is 16.3. The first-order chi connectivity index (χ1) is 8.85. The van der Waals surface area contributed by atoms with Crippen molar-refractivity contribution in [3.05, 3.63) is 30.0 Å². The maximum Gasteiger partial charge on any atom is 0.289 e. The van der Waals surface area contributed by atoms with E-state index < -0.39 is 0 Å². The predicted molar refractivity (Wildman–Crippen MR) is 77.1 cm³/mol. The lowest BCUT2D eigenvalue weighted by Gasteiger charge is -2.34. The number of hydrogen-bond donors (Lipinski definition) is 1. The minimum Gasteiger partial charge on any atom is -0.451 e. The lowest BCUT2D eigenvalue weighted by atomic mass is 10.00. The molecule has 0 saturated heterocycles. The fraction of sp³-hybridized carbons (Fsp3) is 0.400. The molecule has 102 valence electrons. The number of carbonyl (C=O) groups is 1. The summed E-state index contributed by atoms with van der Waals surface area (Å²) in [4.78, 5) is 14.1.